The number of hydrogen-bond donors (Lipinski definition) is 0. The van der Waals surface area contributed by atoms with Gasteiger partial charge in [-0.15, -0.1) is 0 Å². The largest absolute Gasteiger partial charge is 0.269 e. The van der Waals surface area contributed by atoms with Crippen molar-refractivity contribution in [1.82, 2.24) is 0 Å². The van der Waals surface area contributed by atoms with E-state index < -0.39 is 4.92 Å². The van der Waals surface area contributed by atoms with E-state index in [1.807, 2.05) is 0 Å². The highest BCUT2D eigenvalue weighted by molar-refractivity contribution is 9.24. The molecule has 13 heavy (non-hydrogen) atoms. The van der Waals surface area contributed by atoms with Crippen LogP contribution in [0, 0.1) is 10.1 Å². The lowest BCUT2D eigenvalue weighted by atomic mass is 10.2. The summed E-state index contributed by atoms with van der Waals surface area (Å²) in [5.41, 5.74) is 0.885. The maximum atomic E-state index is 10.4. The summed E-state index contributed by atoms with van der Waals surface area (Å²) in [6.07, 6.45) is 0. The molecule has 0 aliphatic rings. The van der Waals surface area contributed by atoms with E-state index >= 15 is 0 Å². The summed E-state index contributed by atoms with van der Waals surface area (Å²) < 4.78 is 0.742. The Labute approximate surface area is 100 Å². The Kier molecular flexibility index (Phi) is 3.87. The van der Waals surface area contributed by atoms with E-state index in [0.717, 1.165) is 10.0 Å². The lowest BCUT2D eigenvalue weighted by Gasteiger charge is -2.04. The van der Waals surface area contributed by atoms with Crippen molar-refractivity contribution in [3.05, 3.63) is 38.3 Å². The van der Waals surface area contributed by atoms with Gasteiger partial charge in [-0.3, -0.25) is 10.1 Å². The maximum Gasteiger partial charge on any atom is 0.269 e. The highest BCUT2D eigenvalue weighted by Gasteiger charge is 2.13. The van der Waals surface area contributed by atoms with Crippen molar-refractivity contribution in [3.63, 3.8) is 0 Å². The van der Waals surface area contributed by atoms with Gasteiger partial charge >= 0.3 is 0 Å². The second-order valence-electron chi connectivity index (χ2n) is 2.26. The van der Waals surface area contributed by atoms with Crippen molar-refractivity contribution in [2.45, 2.75) is 3.74 Å². The van der Waals surface area contributed by atoms with Gasteiger partial charge in [0.1, 0.15) is 0 Å². The van der Waals surface area contributed by atoms with Gasteiger partial charge in [-0.2, -0.15) is 0 Å². The van der Waals surface area contributed by atoms with E-state index in [0.29, 0.717) is 0 Å². The molecule has 0 aliphatic carbocycles. The van der Waals surface area contributed by atoms with Gasteiger partial charge in [-0.25, -0.2) is 0 Å². The Morgan fingerprint density at radius 2 is 2.00 bits per heavy atom. The third-order valence-corrected chi connectivity index (χ3v) is 3.13. The normalized spacial score (nSPS) is 10.5. The number of hydrogen-bond acceptors (Lipinski definition) is 2. The molecule has 0 aliphatic heterocycles. The van der Waals surface area contributed by atoms with Crippen LogP contribution in [0.25, 0.3) is 0 Å². The molecule has 0 N–H and O–H groups in total. The Bertz CT molecular complexity index is 341. The summed E-state index contributed by atoms with van der Waals surface area (Å²) >= 11 is 9.86. The average Bonchev–Trinajstić information content (AvgIpc) is 2.04. The van der Waals surface area contributed by atoms with E-state index in [4.69, 9.17) is 0 Å². The van der Waals surface area contributed by atoms with Gasteiger partial charge in [0.25, 0.3) is 5.69 Å². The fourth-order valence-electron chi connectivity index (χ4n) is 0.812. The van der Waals surface area contributed by atoms with Gasteiger partial charge in [0.05, 0.1) is 8.66 Å². The third-order valence-electron chi connectivity index (χ3n) is 1.43. The third kappa shape index (κ3) is 2.75. The van der Waals surface area contributed by atoms with Crippen molar-refractivity contribution in [1.29, 1.82) is 0 Å². The Hall–Kier alpha value is 0.0600. The van der Waals surface area contributed by atoms with Crippen LogP contribution >= 0.6 is 47.8 Å². The Morgan fingerprint density at radius 1 is 1.38 bits per heavy atom. The number of benzene rings is 1. The molecule has 0 spiro atoms. The second kappa shape index (κ2) is 4.52. The lowest BCUT2D eigenvalue weighted by Crippen LogP contribution is -1.90. The van der Waals surface area contributed by atoms with Gasteiger partial charge in [-0.1, -0.05) is 47.8 Å². The number of nitrogens with zero attached hydrogens (tertiary/aromatic N) is 1. The first kappa shape index (κ1) is 11.1. The molecular weight excluding hydrogens is 370 g/mol. The standard InChI is InChI=1S/C7H4Br3NO2/c8-6-2-1-4(11(12)13)3-5(6)7(9)10/h1-3,7H. The predicted octanol–water partition coefficient (Wildman–Crippen LogP) is 4.15. The minimum atomic E-state index is -0.418. The van der Waals surface area contributed by atoms with E-state index in [9.17, 15) is 10.1 Å². The van der Waals surface area contributed by atoms with Crippen molar-refractivity contribution >= 4 is 53.5 Å². The van der Waals surface area contributed by atoms with Crippen molar-refractivity contribution in [2.24, 2.45) is 0 Å². The molecule has 0 unspecified atom stereocenters. The zero-order chi connectivity index (χ0) is 10.0. The second-order valence-corrected chi connectivity index (χ2v) is 6.18. The van der Waals surface area contributed by atoms with Crippen molar-refractivity contribution < 1.29 is 4.92 Å². The molecule has 0 saturated carbocycles. The van der Waals surface area contributed by atoms with E-state index in [1.54, 1.807) is 6.07 Å². The molecule has 0 bridgehead atoms. The first-order valence-electron chi connectivity index (χ1n) is 3.24. The molecule has 3 nitrogen and oxygen atoms in total. The molecule has 0 saturated heterocycles. The molecule has 0 radical (unpaired) electrons. The fourth-order valence-corrected chi connectivity index (χ4v) is 2.66. The van der Waals surface area contributed by atoms with E-state index in [2.05, 4.69) is 47.8 Å². The molecule has 1 aromatic carbocycles. The summed E-state index contributed by atoms with van der Waals surface area (Å²) in [5.74, 6) is 0. The highest BCUT2D eigenvalue weighted by atomic mass is 79.9. The number of rotatable bonds is 2. The molecule has 0 amide bonds. The van der Waals surface area contributed by atoms with Crippen molar-refractivity contribution in [2.75, 3.05) is 0 Å². The smallest absolute Gasteiger partial charge is 0.258 e. The molecule has 0 fully saturated rings. The van der Waals surface area contributed by atoms with E-state index in [1.165, 1.54) is 12.1 Å². The van der Waals surface area contributed by atoms with Gasteiger partial charge in [0, 0.05) is 16.6 Å². The van der Waals surface area contributed by atoms with Crippen LogP contribution in [0.15, 0.2) is 22.7 Å². The zero-order valence-electron chi connectivity index (χ0n) is 6.21. The highest BCUT2D eigenvalue weighted by Crippen LogP contribution is 2.36. The fraction of sp³-hybridized carbons (Fsp3) is 0.143. The first-order valence-corrected chi connectivity index (χ1v) is 5.87. The van der Waals surface area contributed by atoms with Crippen LogP contribution in [-0.4, -0.2) is 4.92 Å². The van der Waals surface area contributed by atoms with Crippen LogP contribution in [0.1, 0.15) is 9.30 Å². The van der Waals surface area contributed by atoms with Gasteiger partial charge in [0.15, 0.2) is 0 Å². The Morgan fingerprint density at radius 3 is 2.46 bits per heavy atom. The molecule has 0 heterocycles. The first-order chi connectivity index (χ1) is 6.02. The van der Waals surface area contributed by atoms with Crippen LogP contribution < -0.4 is 0 Å². The minimum absolute atomic E-state index is 0.0853. The maximum absolute atomic E-state index is 10.4. The summed E-state index contributed by atoms with van der Waals surface area (Å²) in [6.45, 7) is 0. The number of halogens is 3. The quantitative estimate of drug-likeness (QED) is 0.444. The zero-order valence-corrected chi connectivity index (χ0v) is 11.0. The molecule has 1 rings (SSSR count). The van der Waals surface area contributed by atoms with Crippen LogP contribution in [0.5, 0.6) is 0 Å². The minimum Gasteiger partial charge on any atom is -0.258 e. The molecule has 70 valence electrons. The summed E-state index contributed by atoms with van der Waals surface area (Å²) in [7, 11) is 0. The molecule has 6 heteroatoms. The SMILES string of the molecule is O=[N+]([O-])c1ccc(Br)c(C(Br)Br)c1. The molecular formula is C7H4Br3NO2. The predicted molar refractivity (Wildman–Crippen MR) is 61.4 cm³/mol. The van der Waals surface area contributed by atoms with Gasteiger partial charge in [-0.05, 0) is 11.6 Å². The van der Waals surface area contributed by atoms with E-state index in [-0.39, 0.29) is 9.42 Å². The van der Waals surface area contributed by atoms with Crippen LogP contribution in [-0.2, 0) is 0 Å². The summed E-state index contributed by atoms with van der Waals surface area (Å²) in [4.78, 5) is 10.0. The topological polar surface area (TPSA) is 43.1 Å². The van der Waals surface area contributed by atoms with Crippen molar-refractivity contribution in [3.8, 4) is 0 Å². The van der Waals surface area contributed by atoms with Crippen LogP contribution in [0.4, 0.5) is 5.69 Å². The number of nitro benzene ring substituents is 1. The van der Waals surface area contributed by atoms with Crippen LogP contribution in [0.2, 0.25) is 0 Å². The number of non-ortho nitro benzene ring substituents is 1. The summed E-state index contributed by atoms with van der Waals surface area (Å²) in [6, 6.07) is 4.62. The number of nitro groups is 1. The molecule has 1 aromatic rings. The monoisotopic (exact) mass is 371 g/mol. The van der Waals surface area contributed by atoms with Gasteiger partial charge in [0.2, 0.25) is 0 Å². The van der Waals surface area contributed by atoms with Crippen LogP contribution in [0.3, 0.4) is 0 Å². The summed E-state index contributed by atoms with van der Waals surface area (Å²) in [5, 5.41) is 10.4. The lowest BCUT2D eigenvalue weighted by molar-refractivity contribution is -0.384. The average molecular weight is 374 g/mol. The molecule has 0 atom stereocenters. The van der Waals surface area contributed by atoms with Gasteiger partial charge < -0.3 is 0 Å². The number of alkyl halides is 2. The Balaban J connectivity index is 3.19. The molecule has 0 aromatic heterocycles.